The molecule has 0 bridgehead atoms. The van der Waals surface area contributed by atoms with Crippen LogP contribution >= 0.6 is 11.6 Å². The summed E-state index contributed by atoms with van der Waals surface area (Å²) in [5.74, 6) is 0. The lowest BCUT2D eigenvalue weighted by atomic mass is 10.0. The van der Waals surface area contributed by atoms with Crippen LogP contribution in [0, 0.1) is 0 Å². The average molecular weight is 251 g/mol. The quantitative estimate of drug-likeness (QED) is 0.902. The fraction of sp³-hybridized carbons (Fsp3) is 0.333. The highest BCUT2D eigenvalue weighted by atomic mass is 35.5. The number of benzene rings is 1. The lowest BCUT2D eigenvalue weighted by Gasteiger charge is -2.15. The van der Waals surface area contributed by atoms with E-state index in [9.17, 15) is 0 Å². The molecule has 2 aromatic rings. The summed E-state index contributed by atoms with van der Waals surface area (Å²) in [6.45, 7) is 0. The maximum absolute atomic E-state index is 5.99. The predicted octanol–water partition coefficient (Wildman–Crippen LogP) is 1.97. The fourth-order valence-corrected chi connectivity index (χ4v) is 2.01. The molecule has 5 heteroatoms. The van der Waals surface area contributed by atoms with Crippen LogP contribution in [0.25, 0.3) is 0 Å². The van der Waals surface area contributed by atoms with E-state index in [-0.39, 0.29) is 6.04 Å². The highest BCUT2D eigenvalue weighted by Gasteiger charge is 2.12. The zero-order chi connectivity index (χ0) is 12.3. The van der Waals surface area contributed by atoms with Crippen molar-refractivity contribution in [1.82, 2.24) is 20.3 Å². The summed E-state index contributed by atoms with van der Waals surface area (Å²) in [4.78, 5) is 0. The number of aryl methyl sites for hydroxylation is 1. The van der Waals surface area contributed by atoms with Gasteiger partial charge in [-0.05, 0) is 24.7 Å². The molecule has 1 aromatic heterocycles. The minimum absolute atomic E-state index is 0.199. The number of nitrogens with one attached hydrogen (secondary N) is 1. The molecule has 0 aliphatic carbocycles. The molecule has 1 aromatic carbocycles. The normalized spacial score (nSPS) is 12.6. The third-order valence-corrected chi connectivity index (χ3v) is 2.90. The molecule has 0 radical (unpaired) electrons. The van der Waals surface area contributed by atoms with Gasteiger partial charge in [0, 0.05) is 30.7 Å². The van der Waals surface area contributed by atoms with Gasteiger partial charge in [0.25, 0.3) is 0 Å². The van der Waals surface area contributed by atoms with Gasteiger partial charge in [-0.3, -0.25) is 4.68 Å². The van der Waals surface area contributed by atoms with Gasteiger partial charge in [0.2, 0.25) is 0 Å². The maximum Gasteiger partial charge on any atom is 0.0845 e. The molecule has 0 amide bonds. The van der Waals surface area contributed by atoms with Crippen LogP contribution in [-0.2, 0) is 13.5 Å². The monoisotopic (exact) mass is 250 g/mol. The van der Waals surface area contributed by atoms with Crippen LogP contribution in [0.2, 0.25) is 5.02 Å². The smallest absolute Gasteiger partial charge is 0.0845 e. The molecule has 4 nitrogen and oxygen atoms in total. The molecule has 2 rings (SSSR count). The zero-order valence-electron chi connectivity index (χ0n) is 9.89. The summed E-state index contributed by atoms with van der Waals surface area (Å²) in [7, 11) is 3.80. The van der Waals surface area contributed by atoms with Crippen LogP contribution in [0.3, 0.4) is 0 Å². The molecular weight excluding hydrogens is 236 g/mol. The number of rotatable bonds is 4. The Bertz CT molecular complexity index is 495. The summed E-state index contributed by atoms with van der Waals surface area (Å²) in [5, 5.41) is 12.0. The van der Waals surface area contributed by atoms with Crippen molar-refractivity contribution in [2.75, 3.05) is 7.05 Å². The number of hydrogen-bond acceptors (Lipinski definition) is 3. The van der Waals surface area contributed by atoms with E-state index in [0.717, 1.165) is 22.7 Å². The summed E-state index contributed by atoms with van der Waals surface area (Å²) in [5.41, 5.74) is 2.12. The summed E-state index contributed by atoms with van der Waals surface area (Å²) >= 11 is 5.99. The Balaban J connectivity index is 2.16. The molecule has 1 unspecified atom stereocenters. The Morgan fingerprint density at radius 2 is 2.29 bits per heavy atom. The lowest BCUT2D eigenvalue weighted by molar-refractivity contribution is 0.583. The molecule has 0 aliphatic rings. The Kier molecular flexibility index (Phi) is 3.76. The van der Waals surface area contributed by atoms with Gasteiger partial charge in [-0.25, -0.2) is 0 Å². The summed E-state index contributed by atoms with van der Waals surface area (Å²) in [6.07, 6.45) is 2.72. The molecule has 0 spiro atoms. The molecule has 1 atom stereocenters. The van der Waals surface area contributed by atoms with Crippen molar-refractivity contribution >= 4 is 11.6 Å². The molecule has 1 heterocycles. The van der Waals surface area contributed by atoms with E-state index in [1.165, 1.54) is 0 Å². The van der Waals surface area contributed by atoms with E-state index in [2.05, 4.69) is 21.7 Å². The number of halogens is 1. The minimum atomic E-state index is 0.199. The van der Waals surface area contributed by atoms with Crippen molar-refractivity contribution in [3.8, 4) is 0 Å². The second-order valence-corrected chi connectivity index (χ2v) is 4.42. The fourth-order valence-electron chi connectivity index (χ4n) is 1.81. The topological polar surface area (TPSA) is 42.7 Å². The van der Waals surface area contributed by atoms with E-state index in [1.807, 2.05) is 38.5 Å². The Morgan fingerprint density at radius 1 is 1.47 bits per heavy atom. The number of aromatic nitrogens is 3. The molecule has 0 saturated heterocycles. The van der Waals surface area contributed by atoms with Crippen molar-refractivity contribution in [2.24, 2.45) is 7.05 Å². The van der Waals surface area contributed by atoms with E-state index in [0.29, 0.717) is 0 Å². The molecule has 1 N–H and O–H groups in total. The SMILES string of the molecule is CNC(Cc1cn(C)nn1)c1cccc(Cl)c1. The molecule has 0 aliphatic heterocycles. The van der Waals surface area contributed by atoms with Crippen LogP contribution in [0.15, 0.2) is 30.5 Å². The van der Waals surface area contributed by atoms with Crippen LogP contribution in [0.5, 0.6) is 0 Å². The first-order valence-corrected chi connectivity index (χ1v) is 5.85. The van der Waals surface area contributed by atoms with Crippen LogP contribution in [-0.4, -0.2) is 22.0 Å². The third-order valence-electron chi connectivity index (χ3n) is 2.66. The van der Waals surface area contributed by atoms with Crippen molar-refractivity contribution in [3.63, 3.8) is 0 Å². The zero-order valence-corrected chi connectivity index (χ0v) is 10.6. The van der Waals surface area contributed by atoms with Gasteiger partial charge in [-0.2, -0.15) is 0 Å². The predicted molar refractivity (Wildman–Crippen MR) is 68.0 cm³/mol. The molecule has 0 fully saturated rings. The largest absolute Gasteiger partial charge is 0.313 e. The Hall–Kier alpha value is -1.39. The van der Waals surface area contributed by atoms with E-state index in [1.54, 1.807) is 4.68 Å². The first-order valence-electron chi connectivity index (χ1n) is 5.47. The standard InChI is InChI=1S/C12H15ClN4/c1-14-12(7-11-8-17(2)16-15-11)9-4-3-5-10(13)6-9/h3-6,8,12,14H,7H2,1-2H3. The van der Waals surface area contributed by atoms with E-state index >= 15 is 0 Å². The van der Waals surface area contributed by atoms with Crippen molar-refractivity contribution in [1.29, 1.82) is 0 Å². The van der Waals surface area contributed by atoms with Gasteiger partial charge < -0.3 is 5.32 Å². The van der Waals surface area contributed by atoms with Gasteiger partial charge in [0.05, 0.1) is 5.69 Å². The number of likely N-dealkylation sites (N-methyl/N-ethyl adjacent to an activating group) is 1. The Morgan fingerprint density at radius 3 is 2.88 bits per heavy atom. The lowest BCUT2D eigenvalue weighted by Crippen LogP contribution is -2.19. The number of hydrogen-bond donors (Lipinski definition) is 1. The van der Waals surface area contributed by atoms with Crippen LogP contribution in [0.4, 0.5) is 0 Å². The highest BCUT2D eigenvalue weighted by Crippen LogP contribution is 2.20. The third kappa shape index (κ3) is 3.05. The van der Waals surface area contributed by atoms with E-state index in [4.69, 9.17) is 11.6 Å². The van der Waals surface area contributed by atoms with Gasteiger partial charge in [0.1, 0.15) is 0 Å². The second-order valence-electron chi connectivity index (χ2n) is 3.98. The van der Waals surface area contributed by atoms with Crippen molar-refractivity contribution in [3.05, 3.63) is 46.7 Å². The van der Waals surface area contributed by atoms with Crippen molar-refractivity contribution < 1.29 is 0 Å². The maximum atomic E-state index is 5.99. The van der Waals surface area contributed by atoms with Gasteiger partial charge >= 0.3 is 0 Å². The Labute approximate surface area is 106 Å². The molecule has 17 heavy (non-hydrogen) atoms. The number of nitrogens with zero attached hydrogens (tertiary/aromatic N) is 3. The van der Waals surface area contributed by atoms with Crippen molar-refractivity contribution in [2.45, 2.75) is 12.5 Å². The molecular formula is C12H15ClN4. The first kappa shape index (κ1) is 12.1. The highest BCUT2D eigenvalue weighted by molar-refractivity contribution is 6.30. The minimum Gasteiger partial charge on any atom is -0.313 e. The van der Waals surface area contributed by atoms with E-state index < -0.39 is 0 Å². The van der Waals surface area contributed by atoms with Crippen LogP contribution in [0.1, 0.15) is 17.3 Å². The van der Waals surface area contributed by atoms with Gasteiger partial charge in [-0.1, -0.05) is 28.9 Å². The first-order chi connectivity index (χ1) is 8.19. The average Bonchev–Trinajstić information content (AvgIpc) is 2.72. The summed E-state index contributed by atoms with van der Waals surface area (Å²) < 4.78 is 1.71. The second kappa shape index (κ2) is 5.29. The molecule has 90 valence electrons. The van der Waals surface area contributed by atoms with Gasteiger partial charge in [0.15, 0.2) is 0 Å². The summed E-state index contributed by atoms with van der Waals surface area (Å²) in [6, 6.07) is 8.06. The van der Waals surface area contributed by atoms with Gasteiger partial charge in [-0.15, -0.1) is 5.10 Å². The van der Waals surface area contributed by atoms with Crippen LogP contribution < -0.4 is 5.32 Å². The molecule has 0 saturated carbocycles.